The molecule has 1 atom stereocenters. The lowest BCUT2D eigenvalue weighted by Crippen LogP contribution is -2.38. The van der Waals surface area contributed by atoms with Crippen LogP contribution in [0.15, 0.2) is 18.2 Å². The fourth-order valence-electron chi connectivity index (χ4n) is 1.21. The van der Waals surface area contributed by atoms with E-state index < -0.39 is 11.7 Å². The summed E-state index contributed by atoms with van der Waals surface area (Å²) in [4.78, 5) is 13.6. The molecule has 1 rings (SSSR count). The first-order valence-electron chi connectivity index (χ1n) is 5.35. The number of rotatable bonds is 4. The number of amides is 1. The van der Waals surface area contributed by atoms with Gasteiger partial charge < -0.3 is 15.3 Å². The van der Waals surface area contributed by atoms with Gasteiger partial charge in [0.1, 0.15) is 11.6 Å². The summed E-state index contributed by atoms with van der Waals surface area (Å²) >= 11 is 0. The van der Waals surface area contributed by atoms with E-state index in [1.165, 1.54) is 12.1 Å². The molecular formula is C12H17FN2O2. The van der Waals surface area contributed by atoms with Crippen molar-refractivity contribution in [2.75, 3.05) is 20.6 Å². The third kappa shape index (κ3) is 3.71. The number of hydrogen-bond donors (Lipinski definition) is 2. The minimum absolute atomic E-state index is 0.0613. The van der Waals surface area contributed by atoms with Crippen molar-refractivity contribution >= 4 is 5.91 Å². The Labute approximate surface area is 100 Å². The van der Waals surface area contributed by atoms with Gasteiger partial charge in [-0.05, 0) is 33.2 Å². The molecule has 4 nitrogen and oxygen atoms in total. The molecule has 5 heteroatoms. The highest BCUT2D eigenvalue weighted by molar-refractivity contribution is 5.94. The number of carbonyl (C=O) groups is 1. The molecule has 0 fully saturated rings. The van der Waals surface area contributed by atoms with E-state index in [1.54, 1.807) is 0 Å². The van der Waals surface area contributed by atoms with Crippen LogP contribution < -0.4 is 5.32 Å². The number of hydrogen-bond acceptors (Lipinski definition) is 3. The van der Waals surface area contributed by atoms with Crippen LogP contribution in [-0.4, -0.2) is 42.6 Å². The summed E-state index contributed by atoms with van der Waals surface area (Å²) in [5.41, 5.74) is -0.0613. The Hall–Kier alpha value is -1.62. The molecule has 94 valence electrons. The maximum atomic E-state index is 13.4. The van der Waals surface area contributed by atoms with Crippen molar-refractivity contribution in [3.63, 3.8) is 0 Å². The van der Waals surface area contributed by atoms with Gasteiger partial charge in [0, 0.05) is 18.7 Å². The zero-order chi connectivity index (χ0) is 13.0. The Morgan fingerprint density at radius 2 is 2.18 bits per heavy atom. The Morgan fingerprint density at radius 1 is 1.53 bits per heavy atom. The first kappa shape index (κ1) is 13.4. The average Bonchev–Trinajstić information content (AvgIpc) is 2.25. The molecule has 0 saturated carbocycles. The Kier molecular flexibility index (Phi) is 4.45. The third-order valence-corrected chi connectivity index (χ3v) is 2.64. The molecule has 0 saturated heterocycles. The zero-order valence-electron chi connectivity index (χ0n) is 10.2. The van der Waals surface area contributed by atoms with Gasteiger partial charge in [-0.15, -0.1) is 0 Å². The molecule has 0 bridgehead atoms. The topological polar surface area (TPSA) is 52.6 Å². The van der Waals surface area contributed by atoms with Crippen molar-refractivity contribution < 1.29 is 14.3 Å². The van der Waals surface area contributed by atoms with Gasteiger partial charge >= 0.3 is 0 Å². The van der Waals surface area contributed by atoms with Crippen LogP contribution in [0.1, 0.15) is 17.3 Å². The normalized spacial score (nSPS) is 12.5. The van der Waals surface area contributed by atoms with Crippen LogP contribution >= 0.6 is 0 Å². The fraction of sp³-hybridized carbons (Fsp3) is 0.417. The molecule has 1 aromatic carbocycles. The molecule has 0 heterocycles. The second kappa shape index (κ2) is 5.63. The molecule has 0 aromatic heterocycles. The largest absolute Gasteiger partial charge is 0.508 e. The number of likely N-dealkylation sites (N-methyl/N-ethyl adjacent to an activating group) is 1. The highest BCUT2D eigenvalue weighted by Gasteiger charge is 2.13. The van der Waals surface area contributed by atoms with E-state index in [4.69, 9.17) is 5.11 Å². The number of phenols is 1. The Morgan fingerprint density at radius 3 is 2.71 bits per heavy atom. The van der Waals surface area contributed by atoms with Gasteiger partial charge in [-0.25, -0.2) is 4.39 Å². The number of nitrogens with one attached hydrogen (secondary N) is 1. The van der Waals surface area contributed by atoms with E-state index in [0.717, 1.165) is 6.07 Å². The lowest BCUT2D eigenvalue weighted by atomic mass is 10.2. The maximum absolute atomic E-state index is 13.4. The van der Waals surface area contributed by atoms with Gasteiger partial charge in [0.2, 0.25) is 0 Å². The molecule has 1 aromatic rings. The summed E-state index contributed by atoms with van der Waals surface area (Å²) in [7, 11) is 3.80. The van der Waals surface area contributed by atoms with Crippen molar-refractivity contribution in [3.05, 3.63) is 29.6 Å². The lowest BCUT2D eigenvalue weighted by Gasteiger charge is -2.20. The van der Waals surface area contributed by atoms with Crippen molar-refractivity contribution in [1.29, 1.82) is 0 Å². The second-order valence-electron chi connectivity index (χ2n) is 4.19. The minimum atomic E-state index is -0.722. The van der Waals surface area contributed by atoms with Crippen LogP contribution in [0.5, 0.6) is 5.75 Å². The Balaban J connectivity index is 2.64. The second-order valence-corrected chi connectivity index (χ2v) is 4.19. The molecule has 0 spiro atoms. The molecule has 1 unspecified atom stereocenters. The molecule has 0 aliphatic heterocycles. The first-order chi connectivity index (χ1) is 7.91. The highest BCUT2D eigenvalue weighted by atomic mass is 19.1. The third-order valence-electron chi connectivity index (χ3n) is 2.64. The summed E-state index contributed by atoms with van der Waals surface area (Å²) in [6.07, 6.45) is 0. The number of nitrogens with zero attached hydrogens (tertiary/aromatic N) is 1. The van der Waals surface area contributed by atoms with Gasteiger partial charge in [0.05, 0.1) is 5.56 Å². The smallest absolute Gasteiger partial charge is 0.254 e. The molecule has 0 aliphatic rings. The van der Waals surface area contributed by atoms with Crippen LogP contribution in [0.3, 0.4) is 0 Å². The molecule has 0 radical (unpaired) electrons. The predicted octanol–water partition coefficient (Wildman–Crippen LogP) is 1.21. The quantitative estimate of drug-likeness (QED) is 0.831. The molecule has 1 amide bonds. The van der Waals surface area contributed by atoms with E-state index in [1.807, 2.05) is 25.9 Å². The Bertz CT molecular complexity index is 407. The first-order valence-corrected chi connectivity index (χ1v) is 5.35. The van der Waals surface area contributed by atoms with Crippen molar-refractivity contribution in [2.24, 2.45) is 0 Å². The van der Waals surface area contributed by atoms with Crippen molar-refractivity contribution in [2.45, 2.75) is 13.0 Å². The molecular weight excluding hydrogens is 223 g/mol. The number of aromatic hydroxyl groups is 1. The monoisotopic (exact) mass is 240 g/mol. The molecule has 2 N–H and O–H groups in total. The average molecular weight is 240 g/mol. The van der Waals surface area contributed by atoms with Gasteiger partial charge in [0.25, 0.3) is 5.91 Å². The zero-order valence-corrected chi connectivity index (χ0v) is 10.2. The van der Waals surface area contributed by atoms with Crippen LogP contribution in [0.4, 0.5) is 4.39 Å². The number of carbonyl (C=O) groups excluding carboxylic acids is 1. The van der Waals surface area contributed by atoms with E-state index in [0.29, 0.717) is 6.54 Å². The highest BCUT2D eigenvalue weighted by Crippen LogP contribution is 2.14. The SMILES string of the molecule is CC(CNC(=O)c1ccc(O)cc1F)N(C)C. The number of benzene rings is 1. The maximum Gasteiger partial charge on any atom is 0.254 e. The standard InChI is InChI=1S/C12H17FN2O2/c1-8(15(2)3)7-14-12(17)10-5-4-9(16)6-11(10)13/h4-6,8,16H,7H2,1-3H3,(H,14,17). The van der Waals surface area contributed by atoms with Gasteiger partial charge in [-0.2, -0.15) is 0 Å². The summed E-state index contributed by atoms with van der Waals surface area (Å²) in [6, 6.07) is 3.64. The summed E-state index contributed by atoms with van der Waals surface area (Å²) < 4.78 is 13.4. The van der Waals surface area contributed by atoms with E-state index in [9.17, 15) is 9.18 Å². The molecule has 0 aliphatic carbocycles. The fourth-order valence-corrected chi connectivity index (χ4v) is 1.21. The van der Waals surface area contributed by atoms with Gasteiger partial charge in [-0.1, -0.05) is 0 Å². The molecule has 17 heavy (non-hydrogen) atoms. The lowest BCUT2D eigenvalue weighted by molar-refractivity contribution is 0.0939. The number of phenolic OH excluding ortho intramolecular Hbond substituents is 1. The summed E-state index contributed by atoms with van der Waals surface area (Å²) in [5.74, 6) is -1.39. The van der Waals surface area contributed by atoms with Crippen molar-refractivity contribution in [3.8, 4) is 5.75 Å². The van der Waals surface area contributed by atoms with Crippen LogP contribution in [0, 0.1) is 5.82 Å². The van der Waals surface area contributed by atoms with Crippen LogP contribution in [-0.2, 0) is 0 Å². The van der Waals surface area contributed by atoms with E-state index in [-0.39, 0.29) is 17.4 Å². The number of halogens is 1. The summed E-state index contributed by atoms with van der Waals surface area (Å²) in [6.45, 7) is 2.39. The van der Waals surface area contributed by atoms with E-state index in [2.05, 4.69) is 5.32 Å². The van der Waals surface area contributed by atoms with Crippen LogP contribution in [0.2, 0.25) is 0 Å². The predicted molar refractivity (Wildman–Crippen MR) is 63.5 cm³/mol. The van der Waals surface area contributed by atoms with Crippen LogP contribution in [0.25, 0.3) is 0 Å². The van der Waals surface area contributed by atoms with E-state index >= 15 is 0 Å². The minimum Gasteiger partial charge on any atom is -0.508 e. The van der Waals surface area contributed by atoms with Gasteiger partial charge in [0.15, 0.2) is 0 Å². The summed E-state index contributed by atoms with van der Waals surface area (Å²) in [5, 5.41) is 11.7. The van der Waals surface area contributed by atoms with Gasteiger partial charge in [-0.3, -0.25) is 4.79 Å². The van der Waals surface area contributed by atoms with Crippen molar-refractivity contribution in [1.82, 2.24) is 10.2 Å².